The first-order valence-electron chi connectivity index (χ1n) is 11.6. The Morgan fingerprint density at radius 3 is 2.46 bits per heavy atom. The molecule has 4 rings (SSSR count). The lowest BCUT2D eigenvalue weighted by Crippen LogP contribution is -2.49. The van der Waals surface area contributed by atoms with Crippen molar-refractivity contribution in [3.63, 3.8) is 0 Å². The summed E-state index contributed by atoms with van der Waals surface area (Å²) in [5.41, 5.74) is 3.43. The summed E-state index contributed by atoms with van der Waals surface area (Å²) >= 11 is 12.2. The molecule has 0 unspecified atom stereocenters. The van der Waals surface area contributed by atoms with Gasteiger partial charge in [0.1, 0.15) is 10.9 Å². The average molecular weight is 514 g/mol. The lowest BCUT2D eigenvalue weighted by Gasteiger charge is -2.36. The van der Waals surface area contributed by atoms with E-state index in [2.05, 4.69) is 9.88 Å². The van der Waals surface area contributed by atoms with Crippen molar-refractivity contribution >= 4 is 29.1 Å². The third-order valence-electron chi connectivity index (χ3n) is 6.08. The maximum atomic E-state index is 13.0. The standard InChI is InChI=1S/C27H29Cl2N3O3/c1-19-14-22(16-26(29)30-19)27(33)32-12-10-31(11-13-32)17-25(21-6-8-23(28)9-7-21)35-18-20-4-3-5-24(15-20)34-2/h3-9,14-16,25H,10-13,17-18H2,1-2H3/t25-/m1/s1. The van der Waals surface area contributed by atoms with E-state index in [0.29, 0.717) is 42.0 Å². The van der Waals surface area contributed by atoms with E-state index < -0.39 is 0 Å². The third kappa shape index (κ3) is 6.95. The minimum Gasteiger partial charge on any atom is -0.497 e. The van der Waals surface area contributed by atoms with Crippen LogP contribution in [0, 0.1) is 6.92 Å². The van der Waals surface area contributed by atoms with Gasteiger partial charge in [0.2, 0.25) is 0 Å². The number of aryl methyl sites for hydroxylation is 1. The number of halogens is 2. The highest BCUT2D eigenvalue weighted by Gasteiger charge is 2.25. The number of benzene rings is 2. The van der Waals surface area contributed by atoms with Crippen molar-refractivity contribution < 1.29 is 14.3 Å². The van der Waals surface area contributed by atoms with Crippen LogP contribution in [-0.4, -0.2) is 60.5 Å². The number of piperazine rings is 1. The molecule has 3 aromatic rings. The Balaban J connectivity index is 1.39. The molecule has 0 spiro atoms. The minimum absolute atomic E-state index is 0.0134. The number of hydrogen-bond donors (Lipinski definition) is 0. The average Bonchev–Trinajstić information content (AvgIpc) is 2.86. The number of carbonyl (C=O) groups is 1. The first-order valence-corrected chi connectivity index (χ1v) is 12.3. The summed E-state index contributed by atoms with van der Waals surface area (Å²) in [5.74, 6) is 0.793. The zero-order valence-electron chi connectivity index (χ0n) is 19.9. The molecule has 1 atom stereocenters. The van der Waals surface area contributed by atoms with Crippen LogP contribution in [0.4, 0.5) is 0 Å². The van der Waals surface area contributed by atoms with Gasteiger partial charge in [0, 0.05) is 49.0 Å². The predicted molar refractivity (Wildman–Crippen MR) is 138 cm³/mol. The first-order chi connectivity index (χ1) is 16.9. The van der Waals surface area contributed by atoms with Gasteiger partial charge in [-0.15, -0.1) is 0 Å². The molecule has 184 valence electrons. The second-order valence-electron chi connectivity index (χ2n) is 8.62. The number of carbonyl (C=O) groups excluding carboxylic acids is 1. The van der Waals surface area contributed by atoms with Gasteiger partial charge in [-0.1, -0.05) is 47.5 Å². The normalized spacial score (nSPS) is 15.1. The number of aromatic nitrogens is 1. The second-order valence-corrected chi connectivity index (χ2v) is 9.44. The van der Waals surface area contributed by atoms with Gasteiger partial charge in [0.25, 0.3) is 5.91 Å². The number of pyridine rings is 1. The maximum absolute atomic E-state index is 13.0. The van der Waals surface area contributed by atoms with Gasteiger partial charge in [-0.3, -0.25) is 9.69 Å². The first kappa shape index (κ1) is 25.5. The number of nitrogens with zero attached hydrogens (tertiary/aromatic N) is 3. The predicted octanol–water partition coefficient (Wildman–Crippen LogP) is 5.42. The number of hydrogen-bond acceptors (Lipinski definition) is 5. The SMILES string of the molecule is COc1cccc(CO[C@H](CN2CCN(C(=O)c3cc(C)nc(Cl)c3)CC2)c2ccc(Cl)cc2)c1. The van der Waals surface area contributed by atoms with E-state index >= 15 is 0 Å². The van der Waals surface area contributed by atoms with E-state index in [1.807, 2.05) is 60.4 Å². The molecular formula is C27H29Cl2N3O3. The molecule has 1 amide bonds. The summed E-state index contributed by atoms with van der Waals surface area (Å²) in [5, 5.41) is 1.03. The molecule has 35 heavy (non-hydrogen) atoms. The Hall–Kier alpha value is -2.64. The molecule has 1 fully saturated rings. The summed E-state index contributed by atoms with van der Waals surface area (Å²) in [6, 6.07) is 19.1. The van der Waals surface area contributed by atoms with E-state index in [4.69, 9.17) is 32.7 Å². The highest BCUT2D eigenvalue weighted by atomic mass is 35.5. The van der Waals surface area contributed by atoms with Crippen molar-refractivity contribution in [2.75, 3.05) is 39.8 Å². The van der Waals surface area contributed by atoms with Gasteiger partial charge in [-0.25, -0.2) is 4.98 Å². The molecule has 0 aliphatic carbocycles. The van der Waals surface area contributed by atoms with Crippen LogP contribution in [0.1, 0.15) is 33.3 Å². The summed E-state index contributed by atoms with van der Waals surface area (Å²) in [4.78, 5) is 21.3. The number of rotatable bonds is 8. The van der Waals surface area contributed by atoms with Crippen molar-refractivity contribution in [2.45, 2.75) is 19.6 Å². The summed E-state index contributed by atoms with van der Waals surface area (Å²) in [7, 11) is 1.66. The molecule has 1 aromatic heterocycles. The fourth-order valence-corrected chi connectivity index (χ4v) is 4.57. The molecule has 2 aromatic carbocycles. The van der Waals surface area contributed by atoms with Gasteiger partial charge >= 0.3 is 0 Å². The van der Waals surface area contributed by atoms with Gasteiger partial charge in [0.15, 0.2) is 0 Å². The lowest BCUT2D eigenvalue weighted by atomic mass is 10.1. The monoisotopic (exact) mass is 513 g/mol. The Bertz CT molecular complexity index is 1130. The fraction of sp³-hybridized carbons (Fsp3) is 0.333. The van der Waals surface area contributed by atoms with Crippen molar-refractivity contribution in [2.24, 2.45) is 0 Å². The summed E-state index contributed by atoms with van der Waals surface area (Å²) in [6.45, 7) is 5.82. The Morgan fingerprint density at radius 2 is 1.77 bits per heavy atom. The number of methoxy groups -OCH3 is 1. The molecule has 2 heterocycles. The van der Waals surface area contributed by atoms with Gasteiger partial charge < -0.3 is 14.4 Å². The Morgan fingerprint density at radius 1 is 1.03 bits per heavy atom. The van der Waals surface area contributed by atoms with Crippen molar-refractivity contribution in [3.8, 4) is 5.75 Å². The van der Waals surface area contributed by atoms with Crippen LogP contribution in [-0.2, 0) is 11.3 Å². The summed E-state index contributed by atoms with van der Waals surface area (Å²) in [6.07, 6.45) is -0.137. The molecule has 0 N–H and O–H groups in total. The van der Waals surface area contributed by atoms with Crippen LogP contribution in [0.3, 0.4) is 0 Å². The van der Waals surface area contributed by atoms with Gasteiger partial charge in [-0.2, -0.15) is 0 Å². The molecule has 0 radical (unpaired) electrons. The molecule has 1 saturated heterocycles. The van der Waals surface area contributed by atoms with Crippen LogP contribution in [0.5, 0.6) is 5.75 Å². The molecule has 8 heteroatoms. The van der Waals surface area contributed by atoms with E-state index in [-0.39, 0.29) is 12.0 Å². The van der Waals surface area contributed by atoms with Crippen molar-refractivity contribution in [3.05, 3.63) is 93.2 Å². The Labute approximate surface area is 216 Å². The van der Waals surface area contributed by atoms with E-state index in [1.54, 1.807) is 19.2 Å². The molecular weight excluding hydrogens is 485 g/mol. The van der Waals surface area contributed by atoms with Crippen molar-refractivity contribution in [1.82, 2.24) is 14.8 Å². The van der Waals surface area contributed by atoms with E-state index in [0.717, 1.165) is 35.7 Å². The molecule has 1 aliphatic heterocycles. The van der Waals surface area contributed by atoms with Gasteiger partial charge in [-0.05, 0) is 54.4 Å². The molecule has 6 nitrogen and oxygen atoms in total. The van der Waals surface area contributed by atoms with Gasteiger partial charge in [0.05, 0.1) is 19.8 Å². The maximum Gasteiger partial charge on any atom is 0.254 e. The smallest absolute Gasteiger partial charge is 0.254 e. The van der Waals surface area contributed by atoms with E-state index in [1.165, 1.54) is 0 Å². The highest BCUT2D eigenvalue weighted by molar-refractivity contribution is 6.30. The van der Waals surface area contributed by atoms with E-state index in [9.17, 15) is 4.79 Å². The zero-order valence-corrected chi connectivity index (χ0v) is 21.4. The van der Waals surface area contributed by atoms with Crippen molar-refractivity contribution in [1.29, 1.82) is 0 Å². The summed E-state index contributed by atoms with van der Waals surface area (Å²) < 4.78 is 11.7. The fourth-order valence-electron chi connectivity index (χ4n) is 4.19. The number of ether oxygens (including phenoxy) is 2. The van der Waals surface area contributed by atoms with Crippen LogP contribution in [0.15, 0.2) is 60.7 Å². The molecule has 0 saturated carbocycles. The third-order valence-corrected chi connectivity index (χ3v) is 6.53. The zero-order chi connectivity index (χ0) is 24.8. The quantitative estimate of drug-likeness (QED) is 0.376. The van der Waals surface area contributed by atoms with Crippen LogP contribution >= 0.6 is 23.2 Å². The second kappa shape index (κ2) is 11.9. The Kier molecular flexibility index (Phi) is 8.63. The molecule has 0 bridgehead atoms. The topological polar surface area (TPSA) is 54.9 Å². The largest absolute Gasteiger partial charge is 0.497 e. The molecule has 1 aliphatic rings. The highest BCUT2D eigenvalue weighted by Crippen LogP contribution is 2.24. The lowest BCUT2D eigenvalue weighted by molar-refractivity contribution is 0.00337. The van der Waals surface area contributed by atoms with Crippen LogP contribution in [0.2, 0.25) is 10.2 Å². The minimum atomic E-state index is -0.137. The van der Waals surface area contributed by atoms with Crippen LogP contribution < -0.4 is 4.74 Å². The van der Waals surface area contributed by atoms with Crippen LogP contribution in [0.25, 0.3) is 0 Å². The number of amides is 1.